The molecule has 120 valence electrons. The second-order valence-electron chi connectivity index (χ2n) is 6.37. The summed E-state index contributed by atoms with van der Waals surface area (Å²) in [7, 11) is -3.41. The van der Waals surface area contributed by atoms with Gasteiger partial charge >= 0.3 is 0 Å². The molecule has 1 aromatic rings. The fourth-order valence-corrected chi connectivity index (χ4v) is 5.31. The Kier molecular flexibility index (Phi) is 5.46. The summed E-state index contributed by atoms with van der Waals surface area (Å²) < 4.78 is 28.0. The molecule has 2 rings (SSSR count). The monoisotopic (exact) mass is 330 g/mol. The Morgan fingerprint density at radius 1 is 1.33 bits per heavy atom. The molecule has 1 aliphatic carbocycles. The van der Waals surface area contributed by atoms with Gasteiger partial charge in [0.25, 0.3) is 0 Å². The minimum Gasteiger partial charge on any atom is -0.310 e. The highest BCUT2D eigenvalue weighted by atomic mass is 32.2. The highest BCUT2D eigenvalue weighted by Crippen LogP contribution is 2.36. The van der Waals surface area contributed by atoms with E-state index in [2.05, 4.69) is 30.8 Å². The molecular weight excluding hydrogens is 304 g/mol. The zero-order chi connectivity index (χ0) is 15.6. The lowest BCUT2D eigenvalue weighted by molar-refractivity contribution is 0.491. The van der Waals surface area contributed by atoms with Crippen LogP contribution in [0.25, 0.3) is 0 Å². The standard InChI is InChI=1S/C15H26N2O2S2/c1-10(2)16-8-14-15(12(4)9-20-14)21(18,19)17-7-11(3)13-5-6-13/h9-11,13,16-17H,5-8H2,1-4H3. The molecule has 2 N–H and O–H groups in total. The first kappa shape index (κ1) is 16.9. The molecule has 0 spiro atoms. The van der Waals surface area contributed by atoms with Crippen molar-refractivity contribution in [3.05, 3.63) is 15.8 Å². The van der Waals surface area contributed by atoms with Crippen molar-refractivity contribution in [3.8, 4) is 0 Å². The van der Waals surface area contributed by atoms with Crippen molar-refractivity contribution in [2.75, 3.05) is 6.54 Å². The highest BCUT2D eigenvalue weighted by Gasteiger charge is 2.30. The Hall–Kier alpha value is -0.430. The molecule has 0 saturated heterocycles. The fraction of sp³-hybridized carbons (Fsp3) is 0.733. The lowest BCUT2D eigenvalue weighted by atomic mass is 10.1. The third-order valence-electron chi connectivity index (χ3n) is 3.95. The molecule has 6 heteroatoms. The molecule has 0 aliphatic heterocycles. The Balaban J connectivity index is 2.08. The zero-order valence-electron chi connectivity index (χ0n) is 13.3. The van der Waals surface area contributed by atoms with E-state index in [-0.39, 0.29) is 0 Å². The van der Waals surface area contributed by atoms with Gasteiger partial charge in [0.2, 0.25) is 10.0 Å². The molecule has 0 aromatic carbocycles. The average Bonchev–Trinajstić information content (AvgIpc) is 3.17. The maximum absolute atomic E-state index is 12.6. The van der Waals surface area contributed by atoms with E-state index in [9.17, 15) is 8.42 Å². The third kappa shape index (κ3) is 4.52. The number of hydrogen-bond donors (Lipinski definition) is 2. The van der Waals surface area contributed by atoms with Crippen molar-refractivity contribution in [3.63, 3.8) is 0 Å². The van der Waals surface area contributed by atoms with Crippen molar-refractivity contribution in [2.45, 2.75) is 58.0 Å². The normalized spacial score (nSPS) is 17.4. The van der Waals surface area contributed by atoms with Gasteiger partial charge in [0.05, 0.1) is 0 Å². The SMILES string of the molecule is Cc1csc(CNC(C)C)c1S(=O)(=O)NCC(C)C1CC1. The first-order valence-electron chi connectivity index (χ1n) is 7.61. The molecule has 1 heterocycles. The van der Waals surface area contributed by atoms with Gasteiger partial charge in [-0.2, -0.15) is 0 Å². The maximum Gasteiger partial charge on any atom is 0.241 e. The van der Waals surface area contributed by atoms with Crippen LogP contribution in [0.4, 0.5) is 0 Å². The van der Waals surface area contributed by atoms with Crippen molar-refractivity contribution >= 4 is 21.4 Å². The summed E-state index contributed by atoms with van der Waals surface area (Å²) in [6.45, 7) is 9.26. The van der Waals surface area contributed by atoms with E-state index in [1.165, 1.54) is 24.2 Å². The molecule has 0 bridgehead atoms. The molecule has 1 aliphatic rings. The van der Waals surface area contributed by atoms with Gasteiger partial charge in [-0.1, -0.05) is 20.8 Å². The van der Waals surface area contributed by atoms with Crippen molar-refractivity contribution in [1.82, 2.24) is 10.0 Å². The van der Waals surface area contributed by atoms with Crippen LogP contribution in [0, 0.1) is 18.8 Å². The van der Waals surface area contributed by atoms with Gasteiger partial charge in [0.15, 0.2) is 0 Å². The van der Waals surface area contributed by atoms with Crippen molar-refractivity contribution in [2.24, 2.45) is 11.8 Å². The molecule has 1 atom stereocenters. The molecule has 1 unspecified atom stereocenters. The second-order valence-corrected chi connectivity index (χ2v) is 9.04. The van der Waals surface area contributed by atoms with E-state index in [0.29, 0.717) is 35.9 Å². The first-order chi connectivity index (χ1) is 9.81. The van der Waals surface area contributed by atoms with Crippen LogP contribution in [0.5, 0.6) is 0 Å². The third-order valence-corrected chi connectivity index (χ3v) is 6.84. The van der Waals surface area contributed by atoms with Gasteiger partial charge in [-0.15, -0.1) is 11.3 Å². The van der Waals surface area contributed by atoms with E-state index in [4.69, 9.17) is 0 Å². The summed E-state index contributed by atoms with van der Waals surface area (Å²) >= 11 is 1.52. The summed E-state index contributed by atoms with van der Waals surface area (Å²) in [4.78, 5) is 1.37. The van der Waals surface area contributed by atoms with Gasteiger partial charge < -0.3 is 5.32 Å². The molecule has 1 aromatic heterocycles. The predicted octanol–water partition coefficient (Wildman–Crippen LogP) is 2.88. The van der Waals surface area contributed by atoms with Gasteiger partial charge in [-0.05, 0) is 42.5 Å². The Bertz CT molecular complexity index is 574. The van der Waals surface area contributed by atoms with Crippen molar-refractivity contribution in [1.29, 1.82) is 0 Å². The molecular formula is C15H26N2O2S2. The molecule has 1 saturated carbocycles. The van der Waals surface area contributed by atoms with Crippen LogP contribution in [-0.2, 0) is 16.6 Å². The molecule has 21 heavy (non-hydrogen) atoms. The topological polar surface area (TPSA) is 58.2 Å². The van der Waals surface area contributed by atoms with Gasteiger partial charge in [-0.3, -0.25) is 0 Å². The quantitative estimate of drug-likeness (QED) is 0.770. The van der Waals surface area contributed by atoms with Gasteiger partial charge in [0, 0.05) is 24.0 Å². The number of aryl methyl sites for hydroxylation is 1. The van der Waals surface area contributed by atoms with E-state index in [0.717, 1.165) is 10.4 Å². The number of rotatable bonds is 8. The molecule has 4 nitrogen and oxygen atoms in total. The minimum absolute atomic E-state index is 0.339. The fourth-order valence-electron chi connectivity index (χ4n) is 2.41. The minimum atomic E-state index is -3.41. The van der Waals surface area contributed by atoms with Gasteiger partial charge in [0.1, 0.15) is 4.90 Å². The summed E-state index contributed by atoms with van der Waals surface area (Å²) in [5.41, 5.74) is 0.840. The number of nitrogens with one attached hydrogen (secondary N) is 2. The number of thiophene rings is 1. The van der Waals surface area contributed by atoms with Crippen molar-refractivity contribution < 1.29 is 8.42 Å². The number of sulfonamides is 1. The summed E-state index contributed by atoms with van der Waals surface area (Å²) in [5, 5.41) is 5.23. The Labute approximate surface area is 132 Å². The van der Waals surface area contributed by atoms with E-state index in [1.807, 2.05) is 12.3 Å². The van der Waals surface area contributed by atoms with Crippen LogP contribution < -0.4 is 10.0 Å². The second kappa shape index (κ2) is 6.77. The average molecular weight is 331 g/mol. The predicted molar refractivity (Wildman–Crippen MR) is 88.1 cm³/mol. The Morgan fingerprint density at radius 3 is 2.57 bits per heavy atom. The first-order valence-corrected chi connectivity index (χ1v) is 9.97. The smallest absolute Gasteiger partial charge is 0.241 e. The maximum atomic E-state index is 12.6. The van der Waals surface area contributed by atoms with Crippen LogP contribution >= 0.6 is 11.3 Å². The summed E-state index contributed by atoms with van der Waals surface area (Å²) in [5.74, 6) is 1.13. The number of hydrogen-bond acceptors (Lipinski definition) is 4. The van der Waals surface area contributed by atoms with Crippen LogP contribution in [0.3, 0.4) is 0 Å². The van der Waals surface area contributed by atoms with Crippen LogP contribution in [-0.4, -0.2) is 21.0 Å². The largest absolute Gasteiger partial charge is 0.310 e. The van der Waals surface area contributed by atoms with Crippen LogP contribution in [0.2, 0.25) is 0 Å². The Morgan fingerprint density at radius 2 is 2.00 bits per heavy atom. The lowest BCUT2D eigenvalue weighted by Crippen LogP contribution is -2.30. The van der Waals surface area contributed by atoms with E-state index < -0.39 is 10.0 Å². The van der Waals surface area contributed by atoms with E-state index in [1.54, 1.807) is 0 Å². The summed E-state index contributed by atoms with van der Waals surface area (Å²) in [6.07, 6.45) is 2.48. The van der Waals surface area contributed by atoms with Crippen LogP contribution in [0.1, 0.15) is 44.1 Å². The summed E-state index contributed by atoms with van der Waals surface area (Å²) in [6, 6.07) is 0.339. The van der Waals surface area contributed by atoms with E-state index >= 15 is 0 Å². The lowest BCUT2D eigenvalue weighted by Gasteiger charge is -2.14. The highest BCUT2D eigenvalue weighted by molar-refractivity contribution is 7.89. The van der Waals surface area contributed by atoms with Crippen LogP contribution in [0.15, 0.2) is 10.3 Å². The molecule has 1 fully saturated rings. The molecule has 0 amide bonds. The van der Waals surface area contributed by atoms with Gasteiger partial charge in [-0.25, -0.2) is 13.1 Å². The molecule has 0 radical (unpaired) electrons. The zero-order valence-corrected chi connectivity index (χ0v) is 14.9.